The van der Waals surface area contributed by atoms with Crippen LogP contribution in [0, 0.1) is 0 Å². The van der Waals surface area contributed by atoms with E-state index in [1.165, 1.54) is 11.8 Å². The lowest BCUT2D eigenvalue weighted by molar-refractivity contribution is 0.108. The van der Waals surface area contributed by atoms with Crippen molar-refractivity contribution in [1.29, 1.82) is 0 Å². The fourth-order valence-corrected chi connectivity index (χ4v) is 4.13. The minimum absolute atomic E-state index is 0.424. The molecule has 0 saturated carbocycles. The first-order valence-electron chi connectivity index (χ1n) is 10.0. The molecule has 1 aliphatic heterocycles. The Morgan fingerprint density at radius 1 is 1.06 bits per heavy atom. The molecule has 1 saturated heterocycles. The van der Waals surface area contributed by atoms with Crippen LogP contribution in [-0.2, 0) is 6.61 Å². The Kier molecular flexibility index (Phi) is 7.06. The Balaban J connectivity index is 1.57. The minimum Gasteiger partial charge on any atom is -0.472 e. The van der Waals surface area contributed by atoms with E-state index in [-0.39, 0.29) is 0 Å². The second kappa shape index (κ2) is 10.1. The van der Waals surface area contributed by atoms with Gasteiger partial charge in [0.25, 0.3) is 5.24 Å². The van der Waals surface area contributed by atoms with Crippen molar-refractivity contribution in [2.24, 2.45) is 0 Å². The molecule has 3 aromatic rings. The first-order chi connectivity index (χ1) is 15.1. The highest BCUT2D eigenvalue weighted by Crippen LogP contribution is 2.35. The monoisotopic (exact) mass is 454 g/mol. The Morgan fingerprint density at radius 2 is 1.77 bits per heavy atom. The number of hydrogen-bond donors (Lipinski definition) is 0. The lowest BCUT2D eigenvalue weighted by Gasteiger charge is -2.32. The van der Waals surface area contributed by atoms with Crippen molar-refractivity contribution in [2.45, 2.75) is 16.4 Å². The molecular formula is C23H23ClN4O2S. The molecule has 0 amide bonds. The molecule has 6 nitrogen and oxygen atoms in total. The van der Waals surface area contributed by atoms with Crippen molar-refractivity contribution in [3.05, 3.63) is 71.9 Å². The van der Waals surface area contributed by atoms with Gasteiger partial charge in [0, 0.05) is 36.6 Å². The van der Waals surface area contributed by atoms with Crippen LogP contribution in [0.25, 0.3) is 0 Å². The Labute approximate surface area is 191 Å². The van der Waals surface area contributed by atoms with E-state index >= 15 is 0 Å². The zero-order valence-electron chi connectivity index (χ0n) is 17.2. The summed E-state index contributed by atoms with van der Waals surface area (Å²) in [5.74, 6) is 1.24. The number of anilines is 1. The second-order valence-corrected chi connectivity index (χ2v) is 8.76. The SMILES string of the molecule is CN1CCN(c2ncc(Sc3ccc(C(=O)Cl)cc3)c(OCc3ccccc3)n2)CC1. The van der Waals surface area contributed by atoms with Crippen LogP contribution in [0.5, 0.6) is 5.88 Å². The van der Waals surface area contributed by atoms with Crippen molar-refractivity contribution in [2.75, 3.05) is 38.1 Å². The molecular weight excluding hydrogens is 432 g/mol. The molecule has 1 fully saturated rings. The first kappa shape index (κ1) is 21.6. The Hall–Kier alpha value is -2.61. The molecule has 0 bridgehead atoms. The van der Waals surface area contributed by atoms with Crippen LogP contribution in [0.4, 0.5) is 5.95 Å². The molecule has 160 valence electrons. The third-order valence-corrected chi connectivity index (χ3v) is 6.25. The predicted molar refractivity (Wildman–Crippen MR) is 123 cm³/mol. The fourth-order valence-electron chi connectivity index (χ4n) is 3.19. The maximum absolute atomic E-state index is 11.3. The van der Waals surface area contributed by atoms with Crippen molar-refractivity contribution in [3.8, 4) is 5.88 Å². The molecule has 0 aliphatic carbocycles. The topological polar surface area (TPSA) is 58.6 Å². The van der Waals surface area contributed by atoms with E-state index in [1.54, 1.807) is 12.1 Å². The normalized spacial score (nSPS) is 14.5. The number of nitrogens with zero attached hydrogens (tertiary/aromatic N) is 4. The third kappa shape index (κ3) is 5.76. The quantitative estimate of drug-likeness (QED) is 0.492. The number of piperazine rings is 1. The summed E-state index contributed by atoms with van der Waals surface area (Å²) in [6.07, 6.45) is 1.81. The number of halogens is 1. The van der Waals surface area contributed by atoms with Crippen LogP contribution in [0.3, 0.4) is 0 Å². The average Bonchev–Trinajstić information content (AvgIpc) is 2.80. The highest BCUT2D eigenvalue weighted by molar-refractivity contribution is 7.99. The third-order valence-electron chi connectivity index (χ3n) is 5.02. The summed E-state index contributed by atoms with van der Waals surface area (Å²) in [7, 11) is 2.12. The molecule has 0 atom stereocenters. The van der Waals surface area contributed by atoms with Crippen molar-refractivity contribution in [3.63, 3.8) is 0 Å². The number of aromatic nitrogens is 2. The number of carbonyl (C=O) groups is 1. The van der Waals surface area contributed by atoms with Gasteiger partial charge in [0.2, 0.25) is 11.8 Å². The minimum atomic E-state index is -0.469. The van der Waals surface area contributed by atoms with E-state index < -0.39 is 5.24 Å². The summed E-state index contributed by atoms with van der Waals surface area (Å²) >= 11 is 7.04. The van der Waals surface area contributed by atoms with Gasteiger partial charge in [0.05, 0.1) is 11.1 Å². The Bertz CT molecular complexity index is 1030. The van der Waals surface area contributed by atoms with E-state index in [0.29, 0.717) is 24.0 Å². The molecule has 4 rings (SSSR count). The van der Waals surface area contributed by atoms with Crippen LogP contribution in [-0.4, -0.2) is 53.3 Å². The van der Waals surface area contributed by atoms with Gasteiger partial charge in [-0.25, -0.2) is 4.98 Å². The molecule has 1 aliphatic rings. The van der Waals surface area contributed by atoms with Gasteiger partial charge in [-0.05, 0) is 48.5 Å². The maximum Gasteiger partial charge on any atom is 0.252 e. The predicted octanol–water partition coefficient (Wildman–Crippen LogP) is 4.34. The van der Waals surface area contributed by atoms with Crippen molar-refractivity contribution < 1.29 is 9.53 Å². The van der Waals surface area contributed by atoms with E-state index in [1.807, 2.05) is 48.7 Å². The summed E-state index contributed by atoms with van der Waals surface area (Å²) in [4.78, 5) is 26.9. The standard InChI is InChI=1S/C23H23ClN4O2S/c1-27-11-13-28(14-12-27)23-25-15-20(31-19-9-7-18(8-10-19)21(24)29)22(26-23)30-16-17-5-3-2-4-6-17/h2-10,15H,11-14,16H2,1H3. The zero-order valence-corrected chi connectivity index (χ0v) is 18.8. The number of hydrogen-bond acceptors (Lipinski definition) is 7. The van der Waals surface area contributed by atoms with Gasteiger partial charge < -0.3 is 14.5 Å². The van der Waals surface area contributed by atoms with Crippen LogP contribution < -0.4 is 9.64 Å². The number of benzene rings is 2. The summed E-state index contributed by atoms with van der Waals surface area (Å²) in [5.41, 5.74) is 1.54. The number of carbonyl (C=O) groups excluding carboxylic acids is 1. The van der Waals surface area contributed by atoms with E-state index in [9.17, 15) is 4.79 Å². The van der Waals surface area contributed by atoms with Gasteiger partial charge in [-0.3, -0.25) is 4.79 Å². The van der Waals surface area contributed by atoms with Gasteiger partial charge >= 0.3 is 0 Å². The molecule has 1 aromatic heterocycles. The van der Waals surface area contributed by atoms with Crippen LogP contribution in [0.1, 0.15) is 15.9 Å². The van der Waals surface area contributed by atoms with Crippen LogP contribution in [0.15, 0.2) is 70.6 Å². The first-order valence-corrected chi connectivity index (χ1v) is 11.2. The smallest absolute Gasteiger partial charge is 0.252 e. The molecule has 31 heavy (non-hydrogen) atoms. The van der Waals surface area contributed by atoms with E-state index in [0.717, 1.165) is 41.5 Å². The fraction of sp³-hybridized carbons (Fsp3) is 0.261. The van der Waals surface area contributed by atoms with Gasteiger partial charge in [-0.2, -0.15) is 4.98 Å². The lowest BCUT2D eigenvalue weighted by Crippen LogP contribution is -2.45. The molecule has 2 aromatic carbocycles. The summed E-state index contributed by atoms with van der Waals surface area (Å²) in [6, 6.07) is 17.1. The maximum atomic E-state index is 11.3. The molecule has 0 spiro atoms. The average molecular weight is 455 g/mol. The molecule has 0 N–H and O–H groups in total. The van der Waals surface area contributed by atoms with Crippen LogP contribution in [0.2, 0.25) is 0 Å². The summed E-state index contributed by atoms with van der Waals surface area (Å²) in [5, 5.41) is -0.469. The van der Waals surface area contributed by atoms with E-state index in [4.69, 9.17) is 21.3 Å². The zero-order chi connectivity index (χ0) is 21.6. The molecule has 0 unspecified atom stereocenters. The number of ether oxygens (including phenoxy) is 1. The molecule has 2 heterocycles. The van der Waals surface area contributed by atoms with Gasteiger partial charge in [0.15, 0.2) is 0 Å². The van der Waals surface area contributed by atoms with Gasteiger partial charge in [-0.1, -0.05) is 42.1 Å². The largest absolute Gasteiger partial charge is 0.472 e. The summed E-state index contributed by atoms with van der Waals surface area (Å²) < 4.78 is 6.13. The summed E-state index contributed by atoms with van der Waals surface area (Å²) in [6.45, 7) is 4.15. The number of likely N-dealkylation sites (N-methyl/N-ethyl adjacent to an activating group) is 1. The Morgan fingerprint density at radius 3 is 2.45 bits per heavy atom. The molecule has 0 radical (unpaired) electrons. The molecule has 8 heteroatoms. The van der Waals surface area contributed by atoms with Gasteiger partial charge in [-0.15, -0.1) is 0 Å². The second-order valence-electron chi connectivity index (χ2n) is 7.30. The highest BCUT2D eigenvalue weighted by Gasteiger charge is 2.19. The van der Waals surface area contributed by atoms with Crippen LogP contribution >= 0.6 is 23.4 Å². The van der Waals surface area contributed by atoms with Crippen molar-refractivity contribution in [1.82, 2.24) is 14.9 Å². The van der Waals surface area contributed by atoms with Gasteiger partial charge in [0.1, 0.15) is 6.61 Å². The highest BCUT2D eigenvalue weighted by atomic mass is 35.5. The number of rotatable bonds is 7. The van der Waals surface area contributed by atoms with Crippen molar-refractivity contribution >= 4 is 34.6 Å². The van der Waals surface area contributed by atoms with E-state index in [2.05, 4.69) is 21.8 Å². The lowest BCUT2D eigenvalue weighted by atomic mass is 10.2.